The molecule has 2 N–H and O–H groups in total. The minimum atomic E-state index is -0.436. The average molecular weight is 335 g/mol. The predicted octanol–water partition coefficient (Wildman–Crippen LogP) is 5.10. The molecule has 0 unspecified atom stereocenters. The zero-order valence-corrected chi connectivity index (χ0v) is 14.2. The normalized spacial score (nSPS) is 14.7. The first-order valence-electron chi connectivity index (χ1n) is 7.69. The van der Waals surface area contributed by atoms with E-state index in [0.29, 0.717) is 23.4 Å². The highest BCUT2D eigenvalue weighted by molar-refractivity contribution is 6.31. The average Bonchev–Trinajstić information content (AvgIpc) is 3.25. The molecule has 0 amide bonds. The molecule has 6 heteroatoms. The van der Waals surface area contributed by atoms with E-state index in [1.807, 2.05) is 6.07 Å². The highest BCUT2D eigenvalue weighted by Crippen LogP contribution is 2.40. The number of nitrogens with one attached hydrogen (secondary N) is 2. The summed E-state index contributed by atoms with van der Waals surface area (Å²) in [6.07, 6.45) is 2.32. The van der Waals surface area contributed by atoms with Crippen LogP contribution in [-0.4, -0.2) is 15.5 Å². The van der Waals surface area contributed by atoms with Gasteiger partial charge in [0.25, 0.3) is 0 Å². The zero-order valence-electron chi connectivity index (χ0n) is 13.5. The van der Waals surface area contributed by atoms with Crippen molar-refractivity contribution in [3.05, 3.63) is 40.8 Å². The highest BCUT2D eigenvalue weighted by atomic mass is 35.5. The SMILES string of the molecule is CC(C)(C)Nc1nc(Nc2ccc(F)c(Cl)c2)cc(C2CC2)n1. The van der Waals surface area contributed by atoms with E-state index in [1.54, 1.807) is 12.1 Å². The first kappa shape index (κ1) is 16.0. The van der Waals surface area contributed by atoms with E-state index in [2.05, 4.69) is 41.4 Å². The molecule has 1 fully saturated rings. The number of nitrogens with zero attached hydrogens (tertiary/aromatic N) is 2. The van der Waals surface area contributed by atoms with Crippen LogP contribution in [0.25, 0.3) is 0 Å². The smallest absolute Gasteiger partial charge is 0.225 e. The van der Waals surface area contributed by atoms with Crippen LogP contribution in [-0.2, 0) is 0 Å². The summed E-state index contributed by atoms with van der Waals surface area (Å²) in [6, 6.07) is 6.47. The second kappa shape index (κ2) is 5.96. The first-order valence-corrected chi connectivity index (χ1v) is 8.07. The molecule has 2 aromatic rings. The van der Waals surface area contributed by atoms with E-state index in [-0.39, 0.29) is 10.6 Å². The predicted molar refractivity (Wildman–Crippen MR) is 92.1 cm³/mol. The van der Waals surface area contributed by atoms with Gasteiger partial charge in [0.1, 0.15) is 11.6 Å². The van der Waals surface area contributed by atoms with Crippen molar-refractivity contribution in [1.82, 2.24) is 9.97 Å². The summed E-state index contributed by atoms with van der Waals surface area (Å²) in [7, 11) is 0. The Labute approximate surface area is 140 Å². The maximum atomic E-state index is 13.3. The Hall–Kier alpha value is -1.88. The standard InChI is InChI=1S/C17H20ClFN4/c1-17(2,3)23-16-21-14(10-4-5-10)9-15(22-16)20-11-6-7-13(19)12(18)8-11/h6-10H,4-5H2,1-3H3,(H2,20,21,22,23). The van der Waals surface area contributed by atoms with Gasteiger partial charge in [-0.3, -0.25) is 0 Å². The van der Waals surface area contributed by atoms with Crippen LogP contribution in [0.2, 0.25) is 5.02 Å². The van der Waals surface area contributed by atoms with Crippen LogP contribution in [0.1, 0.15) is 45.2 Å². The molecule has 1 aromatic carbocycles. The number of aromatic nitrogens is 2. The van der Waals surface area contributed by atoms with E-state index < -0.39 is 5.82 Å². The van der Waals surface area contributed by atoms with Gasteiger partial charge in [-0.25, -0.2) is 9.37 Å². The molecule has 23 heavy (non-hydrogen) atoms. The lowest BCUT2D eigenvalue weighted by Crippen LogP contribution is -2.27. The zero-order chi connectivity index (χ0) is 16.6. The third-order valence-corrected chi connectivity index (χ3v) is 3.71. The molecule has 0 aliphatic heterocycles. The topological polar surface area (TPSA) is 49.8 Å². The number of rotatable bonds is 4. The van der Waals surface area contributed by atoms with Gasteiger partial charge < -0.3 is 10.6 Å². The second-order valence-corrected chi connectivity index (χ2v) is 7.31. The Balaban J connectivity index is 1.89. The fraction of sp³-hybridized carbons (Fsp3) is 0.412. The van der Waals surface area contributed by atoms with E-state index in [9.17, 15) is 4.39 Å². The Morgan fingerprint density at radius 1 is 1.17 bits per heavy atom. The van der Waals surface area contributed by atoms with Crippen LogP contribution in [0.15, 0.2) is 24.3 Å². The molecule has 1 saturated carbocycles. The molecule has 1 heterocycles. The van der Waals surface area contributed by atoms with Crippen molar-refractivity contribution in [2.75, 3.05) is 10.6 Å². The summed E-state index contributed by atoms with van der Waals surface area (Å²) in [6.45, 7) is 6.19. The fourth-order valence-electron chi connectivity index (χ4n) is 2.23. The van der Waals surface area contributed by atoms with E-state index in [4.69, 9.17) is 11.6 Å². The molecule has 122 valence electrons. The molecule has 4 nitrogen and oxygen atoms in total. The summed E-state index contributed by atoms with van der Waals surface area (Å²) in [5, 5.41) is 6.56. The summed E-state index contributed by atoms with van der Waals surface area (Å²) >= 11 is 5.83. The van der Waals surface area contributed by atoms with Gasteiger partial charge in [0.2, 0.25) is 5.95 Å². The Kier molecular flexibility index (Phi) is 4.15. The van der Waals surface area contributed by atoms with Crippen LogP contribution in [0, 0.1) is 5.82 Å². The molecular formula is C17H20ClFN4. The fourth-order valence-corrected chi connectivity index (χ4v) is 2.41. The minimum absolute atomic E-state index is 0.0829. The van der Waals surface area contributed by atoms with Gasteiger partial charge in [-0.1, -0.05) is 11.6 Å². The number of halogens is 2. The van der Waals surface area contributed by atoms with Crippen LogP contribution < -0.4 is 10.6 Å². The third kappa shape index (κ3) is 4.32. The van der Waals surface area contributed by atoms with Crippen LogP contribution >= 0.6 is 11.6 Å². The van der Waals surface area contributed by atoms with Crippen molar-refractivity contribution in [1.29, 1.82) is 0 Å². The molecule has 0 atom stereocenters. The van der Waals surface area contributed by atoms with Gasteiger partial charge in [-0.2, -0.15) is 4.98 Å². The molecule has 0 bridgehead atoms. The Morgan fingerprint density at radius 2 is 1.91 bits per heavy atom. The Bertz CT molecular complexity index is 723. The quantitative estimate of drug-likeness (QED) is 0.816. The largest absolute Gasteiger partial charge is 0.350 e. The lowest BCUT2D eigenvalue weighted by Gasteiger charge is -2.21. The van der Waals surface area contributed by atoms with Gasteiger partial charge in [-0.15, -0.1) is 0 Å². The van der Waals surface area contributed by atoms with Gasteiger partial charge in [0.15, 0.2) is 0 Å². The van der Waals surface area contributed by atoms with E-state index >= 15 is 0 Å². The minimum Gasteiger partial charge on any atom is -0.350 e. The maximum absolute atomic E-state index is 13.3. The molecule has 0 saturated heterocycles. The van der Waals surface area contributed by atoms with Gasteiger partial charge >= 0.3 is 0 Å². The lowest BCUT2D eigenvalue weighted by atomic mass is 10.1. The second-order valence-electron chi connectivity index (χ2n) is 6.90. The molecule has 1 aliphatic rings. The summed E-state index contributed by atoms with van der Waals surface area (Å²) < 4.78 is 13.3. The number of anilines is 3. The van der Waals surface area contributed by atoms with Gasteiger partial charge in [-0.05, 0) is 51.8 Å². The van der Waals surface area contributed by atoms with Crippen molar-refractivity contribution >= 4 is 29.1 Å². The number of hydrogen-bond donors (Lipinski definition) is 2. The van der Waals surface area contributed by atoms with Gasteiger partial charge in [0.05, 0.1) is 10.7 Å². The van der Waals surface area contributed by atoms with Crippen molar-refractivity contribution in [2.24, 2.45) is 0 Å². The molecule has 1 aliphatic carbocycles. The third-order valence-electron chi connectivity index (χ3n) is 3.42. The van der Waals surface area contributed by atoms with Crippen LogP contribution in [0.3, 0.4) is 0 Å². The highest BCUT2D eigenvalue weighted by Gasteiger charge is 2.26. The van der Waals surface area contributed by atoms with Crippen LogP contribution in [0.5, 0.6) is 0 Å². The van der Waals surface area contributed by atoms with Gasteiger partial charge in [0, 0.05) is 23.2 Å². The van der Waals surface area contributed by atoms with E-state index in [0.717, 1.165) is 18.5 Å². The maximum Gasteiger partial charge on any atom is 0.225 e. The van der Waals surface area contributed by atoms with Crippen molar-refractivity contribution in [3.63, 3.8) is 0 Å². The summed E-state index contributed by atoms with van der Waals surface area (Å²) in [4.78, 5) is 9.11. The number of benzene rings is 1. The summed E-state index contributed by atoms with van der Waals surface area (Å²) in [5.74, 6) is 1.35. The molecular weight excluding hydrogens is 315 g/mol. The molecule has 3 rings (SSSR count). The van der Waals surface area contributed by atoms with Crippen molar-refractivity contribution in [2.45, 2.75) is 45.1 Å². The monoisotopic (exact) mass is 334 g/mol. The first-order chi connectivity index (χ1) is 10.8. The summed E-state index contributed by atoms with van der Waals surface area (Å²) in [5.41, 5.74) is 1.60. The lowest BCUT2D eigenvalue weighted by molar-refractivity contribution is 0.625. The van der Waals surface area contributed by atoms with E-state index in [1.165, 1.54) is 6.07 Å². The van der Waals surface area contributed by atoms with Crippen molar-refractivity contribution < 1.29 is 4.39 Å². The number of hydrogen-bond acceptors (Lipinski definition) is 4. The molecule has 1 aromatic heterocycles. The molecule has 0 spiro atoms. The van der Waals surface area contributed by atoms with Crippen molar-refractivity contribution in [3.8, 4) is 0 Å². The van der Waals surface area contributed by atoms with Crippen LogP contribution in [0.4, 0.5) is 21.8 Å². The molecule has 0 radical (unpaired) electrons. The Morgan fingerprint density at radius 3 is 2.52 bits per heavy atom.